The van der Waals surface area contributed by atoms with E-state index in [1.165, 1.54) is 0 Å². The van der Waals surface area contributed by atoms with Gasteiger partial charge >= 0.3 is 6.09 Å². The number of nitrogens with zero attached hydrogens (tertiary/aromatic N) is 3. The first-order chi connectivity index (χ1) is 21.0. The topological polar surface area (TPSA) is 121 Å². The number of benzene rings is 2. The lowest BCUT2D eigenvalue weighted by atomic mass is 10.0. The highest BCUT2D eigenvalue weighted by molar-refractivity contribution is 6.05. The van der Waals surface area contributed by atoms with Crippen LogP contribution in [0.1, 0.15) is 74.5 Å². The Labute approximate surface area is 258 Å². The third kappa shape index (κ3) is 7.68. The van der Waals surface area contributed by atoms with Crippen LogP contribution in [0, 0.1) is 0 Å². The molecular weight excluding hydrogens is 562 g/mol. The van der Waals surface area contributed by atoms with Crippen molar-refractivity contribution in [3.8, 4) is 5.75 Å². The quantitative estimate of drug-likeness (QED) is 0.329. The number of piperazine rings is 1. The first kappa shape index (κ1) is 31.3. The van der Waals surface area contributed by atoms with Gasteiger partial charge in [0.25, 0.3) is 5.91 Å². The molecule has 0 aromatic heterocycles. The van der Waals surface area contributed by atoms with Crippen LogP contribution in [0.5, 0.6) is 5.75 Å². The molecule has 5 rings (SSSR count). The third-order valence-electron chi connectivity index (χ3n) is 8.22. The molecule has 0 bridgehead atoms. The molecule has 0 saturated carbocycles. The molecule has 0 radical (unpaired) electrons. The number of amides is 4. The molecule has 3 aliphatic rings. The number of rotatable bonds is 9. The molecule has 3 aliphatic heterocycles. The van der Waals surface area contributed by atoms with Gasteiger partial charge in [-0.2, -0.15) is 0 Å². The number of hydrogen-bond donors (Lipinski definition) is 2. The van der Waals surface area contributed by atoms with Crippen LogP contribution in [-0.4, -0.2) is 84.6 Å². The average Bonchev–Trinajstić information content (AvgIpc) is 3.30. The maximum atomic E-state index is 13.0. The van der Waals surface area contributed by atoms with E-state index in [2.05, 4.69) is 26.5 Å². The van der Waals surface area contributed by atoms with Crippen molar-refractivity contribution >= 4 is 29.5 Å². The number of carbonyl (C=O) groups is 4. The van der Waals surface area contributed by atoms with Gasteiger partial charge in [-0.25, -0.2) is 4.79 Å². The van der Waals surface area contributed by atoms with Gasteiger partial charge in [-0.3, -0.25) is 24.6 Å². The van der Waals surface area contributed by atoms with Crippen molar-refractivity contribution in [3.05, 3.63) is 59.2 Å². The lowest BCUT2D eigenvalue weighted by Crippen LogP contribution is -2.52. The zero-order valence-electron chi connectivity index (χ0n) is 26.1. The summed E-state index contributed by atoms with van der Waals surface area (Å²) in [7, 11) is 0. The highest BCUT2D eigenvalue weighted by atomic mass is 16.6. The fraction of sp³-hybridized carbons (Fsp3) is 0.515. The average molecular weight is 606 g/mol. The van der Waals surface area contributed by atoms with Gasteiger partial charge in [0.05, 0.1) is 12.6 Å². The minimum atomic E-state index is -0.600. The van der Waals surface area contributed by atoms with Gasteiger partial charge in [0.2, 0.25) is 11.8 Å². The molecule has 2 saturated heterocycles. The Morgan fingerprint density at radius 2 is 1.84 bits per heavy atom. The largest absolute Gasteiger partial charge is 0.494 e. The van der Waals surface area contributed by atoms with Crippen molar-refractivity contribution in [1.82, 2.24) is 20.4 Å². The number of carbonyl (C=O) groups excluding carboxylic acids is 4. The summed E-state index contributed by atoms with van der Waals surface area (Å²) in [6.45, 7) is 13.0. The number of hydrogen-bond acceptors (Lipinski definition) is 8. The van der Waals surface area contributed by atoms with Crippen LogP contribution in [0.4, 0.5) is 10.5 Å². The highest BCUT2D eigenvalue weighted by Gasteiger charge is 2.39. The number of nitrogens with one attached hydrogen (secondary N) is 2. The molecule has 236 valence electrons. The Hall–Kier alpha value is -4.12. The van der Waals surface area contributed by atoms with Crippen molar-refractivity contribution in [1.29, 1.82) is 0 Å². The lowest BCUT2D eigenvalue weighted by molar-refractivity contribution is -0.136. The minimum absolute atomic E-state index is 0.146. The zero-order valence-corrected chi connectivity index (χ0v) is 26.1. The molecular formula is C33H43N5O6. The number of fused-ring (bicyclic) bond motifs is 1. The smallest absolute Gasteiger partial charge is 0.408 e. The predicted molar refractivity (Wildman–Crippen MR) is 165 cm³/mol. The summed E-state index contributed by atoms with van der Waals surface area (Å²) in [5, 5.41) is 5.22. The zero-order chi connectivity index (χ0) is 31.4. The fourth-order valence-electron chi connectivity index (χ4n) is 5.91. The summed E-state index contributed by atoms with van der Waals surface area (Å²) in [6, 6.07) is 12.9. The van der Waals surface area contributed by atoms with Crippen LogP contribution in [0.25, 0.3) is 0 Å². The van der Waals surface area contributed by atoms with Crippen molar-refractivity contribution in [2.45, 2.75) is 71.2 Å². The van der Waals surface area contributed by atoms with Gasteiger partial charge in [-0.05, 0) is 82.0 Å². The Morgan fingerprint density at radius 1 is 1.07 bits per heavy atom. The monoisotopic (exact) mass is 605 g/mol. The third-order valence-corrected chi connectivity index (χ3v) is 8.22. The molecule has 0 spiro atoms. The van der Waals surface area contributed by atoms with Crippen LogP contribution in [-0.2, 0) is 20.9 Å². The van der Waals surface area contributed by atoms with E-state index in [1.54, 1.807) is 4.90 Å². The van der Waals surface area contributed by atoms with E-state index in [4.69, 9.17) is 9.47 Å². The Balaban J connectivity index is 1.04. The van der Waals surface area contributed by atoms with Crippen molar-refractivity contribution in [3.63, 3.8) is 0 Å². The second-order valence-corrected chi connectivity index (χ2v) is 12.7. The van der Waals surface area contributed by atoms with Crippen molar-refractivity contribution in [2.75, 3.05) is 44.2 Å². The van der Waals surface area contributed by atoms with Crippen molar-refractivity contribution in [2.24, 2.45) is 0 Å². The molecule has 2 N–H and O–H groups in total. The first-order valence-electron chi connectivity index (χ1n) is 15.4. The Kier molecular flexibility index (Phi) is 9.43. The molecule has 1 unspecified atom stereocenters. The maximum absolute atomic E-state index is 13.0. The molecule has 0 aliphatic carbocycles. The van der Waals surface area contributed by atoms with Crippen molar-refractivity contribution < 1.29 is 28.7 Å². The van der Waals surface area contributed by atoms with E-state index in [-0.39, 0.29) is 30.2 Å². The summed E-state index contributed by atoms with van der Waals surface area (Å²) in [5.74, 6) is -0.0431. The molecule has 11 nitrogen and oxygen atoms in total. The molecule has 11 heteroatoms. The van der Waals surface area contributed by atoms with Gasteiger partial charge in [0, 0.05) is 56.9 Å². The van der Waals surface area contributed by atoms with Crippen LogP contribution in [0.2, 0.25) is 0 Å². The lowest BCUT2D eigenvalue weighted by Gasteiger charge is -2.36. The van der Waals surface area contributed by atoms with Gasteiger partial charge in [0.15, 0.2) is 0 Å². The first-order valence-corrected chi connectivity index (χ1v) is 15.4. The molecule has 44 heavy (non-hydrogen) atoms. The Morgan fingerprint density at radius 3 is 2.57 bits per heavy atom. The van der Waals surface area contributed by atoms with E-state index in [1.807, 2.05) is 64.1 Å². The summed E-state index contributed by atoms with van der Waals surface area (Å²) in [5.41, 5.74) is 3.05. The number of imide groups is 1. The van der Waals surface area contributed by atoms with E-state index in [0.717, 1.165) is 61.7 Å². The van der Waals surface area contributed by atoms with E-state index >= 15 is 0 Å². The standard InChI is InChI=1S/C33H43N5O6/c1-22(34-32(42)44-33(2,3)4)23-7-5-8-26(20-23)43-18-6-13-36-14-16-37(17-15-36)25-9-10-27-24(19-25)21-38(31(27)41)28-11-12-29(39)35-30(28)40/h5,7-10,19-20,22,28H,6,11-18,21H2,1-4H3,(H,34,42)(H,35,39,40)/t22-,28?/m1/s1. The van der Waals surface area contributed by atoms with Gasteiger partial charge in [-0.1, -0.05) is 12.1 Å². The maximum Gasteiger partial charge on any atom is 0.408 e. The number of anilines is 1. The minimum Gasteiger partial charge on any atom is -0.494 e. The fourth-order valence-corrected chi connectivity index (χ4v) is 5.91. The highest BCUT2D eigenvalue weighted by Crippen LogP contribution is 2.31. The van der Waals surface area contributed by atoms with E-state index in [0.29, 0.717) is 25.1 Å². The molecule has 3 heterocycles. The van der Waals surface area contributed by atoms with E-state index in [9.17, 15) is 19.2 Å². The predicted octanol–water partition coefficient (Wildman–Crippen LogP) is 3.62. The molecule has 2 atom stereocenters. The summed E-state index contributed by atoms with van der Waals surface area (Å²) < 4.78 is 11.4. The van der Waals surface area contributed by atoms with Crippen LogP contribution >= 0.6 is 0 Å². The number of alkyl carbamates (subject to hydrolysis) is 1. The molecule has 2 aromatic carbocycles. The van der Waals surface area contributed by atoms with Crippen LogP contribution in [0.3, 0.4) is 0 Å². The van der Waals surface area contributed by atoms with Gasteiger partial charge < -0.3 is 24.6 Å². The second kappa shape index (κ2) is 13.3. The summed E-state index contributed by atoms with van der Waals surface area (Å²) >= 11 is 0. The summed E-state index contributed by atoms with van der Waals surface area (Å²) in [4.78, 5) is 55.4. The number of piperidine rings is 1. The van der Waals surface area contributed by atoms with Crippen LogP contribution in [0.15, 0.2) is 42.5 Å². The normalized spacial score (nSPS) is 19.8. The molecule has 4 amide bonds. The molecule has 2 aromatic rings. The Bertz CT molecular complexity index is 1400. The van der Waals surface area contributed by atoms with Crippen LogP contribution < -0.4 is 20.3 Å². The second-order valence-electron chi connectivity index (χ2n) is 12.7. The molecule has 2 fully saturated rings. The number of ether oxygens (including phenoxy) is 2. The van der Waals surface area contributed by atoms with Gasteiger partial charge in [0.1, 0.15) is 17.4 Å². The summed E-state index contributed by atoms with van der Waals surface area (Å²) in [6.07, 6.45) is 1.06. The van der Waals surface area contributed by atoms with Gasteiger partial charge in [-0.15, -0.1) is 0 Å². The van der Waals surface area contributed by atoms with E-state index < -0.39 is 17.7 Å². The SMILES string of the molecule is C[C@@H](NC(=O)OC(C)(C)C)c1cccc(OCCCN2CCN(c3ccc4c(c3)CN(C3CCC(=O)NC3=O)C4=O)CC2)c1.